The van der Waals surface area contributed by atoms with E-state index in [1.54, 1.807) is 55.6 Å². The highest BCUT2D eigenvalue weighted by Crippen LogP contribution is 2.56. The van der Waals surface area contributed by atoms with Crippen LogP contribution in [-0.2, 0) is 11.2 Å². The Hall–Kier alpha value is -3.82. The SMILES string of the molecule is COc1cccc(C(=O)C2C(c3ccc(Cl)cc3)C(C#N)(C(N)=O)C3CCc4cc(C)ccc4N23)c1. The average Bonchev–Trinajstić information content (AvgIpc) is 3.20. The first-order valence-corrected chi connectivity index (χ1v) is 12.2. The Morgan fingerprint density at radius 1 is 1.14 bits per heavy atom. The van der Waals surface area contributed by atoms with E-state index in [-0.39, 0.29) is 5.78 Å². The largest absolute Gasteiger partial charge is 0.497 e. The molecular weight excluding hydrogens is 474 g/mol. The summed E-state index contributed by atoms with van der Waals surface area (Å²) in [6, 6.07) is 20.9. The molecule has 182 valence electrons. The van der Waals surface area contributed by atoms with Crippen molar-refractivity contribution in [1.29, 1.82) is 5.26 Å². The van der Waals surface area contributed by atoms with E-state index in [2.05, 4.69) is 12.1 Å². The van der Waals surface area contributed by atoms with Gasteiger partial charge in [0.25, 0.3) is 0 Å². The van der Waals surface area contributed by atoms with Gasteiger partial charge in [0, 0.05) is 22.2 Å². The van der Waals surface area contributed by atoms with Gasteiger partial charge in [-0.2, -0.15) is 5.26 Å². The molecule has 2 aliphatic rings. The fraction of sp³-hybridized carbons (Fsp3) is 0.276. The number of fused-ring (bicyclic) bond motifs is 3. The second-order valence-corrected chi connectivity index (χ2v) is 9.95. The highest BCUT2D eigenvalue weighted by molar-refractivity contribution is 6.30. The molecule has 0 radical (unpaired) electrons. The molecule has 4 unspecified atom stereocenters. The molecule has 4 atom stereocenters. The van der Waals surface area contributed by atoms with Crippen LogP contribution >= 0.6 is 11.6 Å². The molecule has 6 nitrogen and oxygen atoms in total. The first kappa shape index (κ1) is 23.9. The van der Waals surface area contributed by atoms with Crippen LogP contribution < -0.4 is 15.4 Å². The maximum Gasteiger partial charge on any atom is 0.240 e. The number of carbonyl (C=O) groups excluding carboxylic acids is 2. The minimum Gasteiger partial charge on any atom is -0.497 e. The lowest BCUT2D eigenvalue weighted by molar-refractivity contribution is -0.125. The van der Waals surface area contributed by atoms with Gasteiger partial charge in [0.1, 0.15) is 11.8 Å². The van der Waals surface area contributed by atoms with Crippen LogP contribution in [0.25, 0.3) is 0 Å². The molecule has 0 bridgehead atoms. The van der Waals surface area contributed by atoms with E-state index < -0.39 is 29.3 Å². The third-order valence-corrected chi connectivity index (χ3v) is 7.86. The van der Waals surface area contributed by atoms with Crippen LogP contribution in [0.4, 0.5) is 5.69 Å². The predicted molar refractivity (Wildman–Crippen MR) is 138 cm³/mol. The molecule has 2 N–H and O–H groups in total. The average molecular weight is 500 g/mol. The Labute approximate surface area is 215 Å². The lowest BCUT2D eigenvalue weighted by atomic mass is 9.66. The van der Waals surface area contributed by atoms with Crippen molar-refractivity contribution in [2.24, 2.45) is 11.1 Å². The summed E-state index contributed by atoms with van der Waals surface area (Å²) < 4.78 is 5.36. The van der Waals surface area contributed by atoms with Gasteiger partial charge in [-0.05, 0) is 61.2 Å². The third-order valence-electron chi connectivity index (χ3n) is 7.61. The molecule has 1 saturated heterocycles. The molecule has 36 heavy (non-hydrogen) atoms. The third kappa shape index (κ3) is 3.54. The Morgan fingerprint density at radius 2 is 1.89 bits per heavy atom. The lowest BCUT2D eigenvalue weighted by Crippen LogP contribution is -2.50. The summed E-state index contributed by atoms with van der Waals surface area (Å²) >= 11 is 6.17. The summed E-state index contributed by atoms with van der Waals surface area (Å²) in [5.41, 5.74) is 8.60. The van der Waals surface area contributed by atoms with Gasteiger partial charge in [-0.1, -0.05) is 53.6 Å². The van der Waals surface area contributed by atoms with Crippen LogP contribution in [0.3, 0.4) is 0 Å². The van der Waals surface area contributed by atoms with E-state index in [4.69, 9.17) is 22.1 Å². The van der Waals surface area contributed by atoms with Crippen LogP contribution in [0, 0.1) is 23.7 Å². The van der Waals surface area contributed by atoms with E-state index in [9.17, 15) is 14.9 Å². The van der Waals surface area contributed by atoms with Crippen molar-refractivity contribution in [2.75, 3.05) is 12.0 Å². The number of hydrogen-bond acceptors (Lipinski definition) is 5. The van der Waals surface area contributed by atoms with Crippen LogP contribution in [0.2, 0.25) is 5.02 Å². The van der Waals surface area contributed by atoms with Crippen molar-refractivity contribution in [3.63, 3.8) is 0 Å². The quantitative estimate of drug-likeness (QED) is 0.507. The first-order valence-electron chi connectivity index (χ1n) is 11.8. The number of benzene rings is 3. The summed E-state index contributed by atoms with van der Waals surface area (Å²) in [6.45, 7) is 2.02. The highest BCUT2D eigenvalue weighted by atomic mass is 35.5. The van der Waals surface area contributed by atoms with Gasteiger partial charge in [-0.25, -0.2) is 0 Å². The fourth-order valence-corrected chi connectivity index (χ4v) is 6.16. The number of ketones is 1. The van der Waals surface area contributed by atoms with Gasteiger partial charge in [-0.3, -0.25) is 9.59 Å². The molecule has 2 heterocycles. The van der Waals surface area contributed by atoms with Crippen molar-refractivity contribution in [2.45, 2.75) is 37.8 Å². The van der Waals surface area contributed by atoms with Crippen LogP contribution in [-0.4, -0.2) is 30.9 Å². The second kappa shape index (κ2) is 9.00. The molecule has 0 aromatic heterocycles. The van der Waals surface area contributed by atoms with Crippen LogP contribution in [0.1, 0.15) is 39.4 Å². The molecule has 0 spiro atoms. The van der Waals surface area contributed by atoms with Gasteiger partial charge in [0.15, 0.2) is 11.2 Å². The monoisotopic (exact) mass is 499 g/mol. The Balaban J connectivity index is 1.79. The number of amides is 1. The van der Waals surface area contributed by atoms with Crippen molar-refractivity contribution >= 4 is 29.0 Å². The molecule has 0 saturated carbocycles. The number of ether oxygens (including phenoxy) is 1. The predicted octanol–water partition coefficient (Wildman–Crippen LogP) is 4.82. The zero-order chi connectivity index (χ0) is 25.6. The minimum atomic E-state index is -1.62. The zero-order valence-corrected chi connectivity index (χ0v) is 20.8. The summed E-state index contributed by atoms with van der Waals surface area (Å²) in [7, 11) is 1.54. The molecular formula is C29H26ClN3O3. The maximum atomic E-state index is 14.3. The number of Topliss-reactive ketones (excluding diaryl/α,β-unsaturated/α-hetero) is 1. The summed E-state index contributed by atoms with van der Waals surface area (Å²) in [6.07, 6.45) is 1.21. The van der Waals surface area contributed by atoms with Crippen molar-refractivity contribution in [3.05, 3.63) is 94.0 Å². The number of rotatable bonds is 5. The summed E-state index contributed by atoms with van der Waals surface area (Å²) in [5.74, 6) is -1.18. The molecule has 1 fully saturated rings. The number of nitriles is 1. The smallest absolute Gasteiger partial charge is 0.240 e. The Bertz CT molecular complexity index is 1400. The van der Waals surface area contributed by atoms with Gasteiger partial charge in [0.05, 0.1) is 19.2 Å². The molecule has 0 aliphatic carbocycles. The topological polar surface area (TPSA) is 96.4 Å². The molecule has 1 amide bonds. The number of primary amides is 1. The standard InChI is InChI=1S/C29H26ClN3O3/c1-17-6-12-23-19(14-17)9-13-24-29(16-31,28(32)35)25(18-7-10-21(30)11-8-18)26(33(23)24)27(34)20-4-3-5-22(15-20)36-2/h3-8,10-12,14-15,24-26H,9,13H2,1-2H3,(H2,32,35). The van der Waals surface area contributed by atoms with Crippen molar-refractivity contribution in [1.82, 2.24) is 0 Å². The Morgan fingerprint density at radius 3 is 2.56 bits per heavy atom. The molecule has 3 aromatic rings. The molecule has 3 aromatic carbocycles. The number of carbonyl (C=O) groups is 2. The minimum absolute atomic E-state index is 0.203. The van der Waals surface area contributed by atoms with Gasteiger partial charge in [0.2, 0.25) is 5.91 Å². The number of nitrogens with zero attached hydrogens (tertiary/aromatic N) is 2. The van der Waals surface area contributed by atoms with E-state index in [0.29, 0.717) is 34.7 Å². The molecule has 7 heteroatoms. The van der Waals surface area contributed by atoms with Crippen LogP contribution in [0.5, 0.6) is 5.75 Å². The normalized spacial score (nSPS) is 24.4. The fourth-order valence-electron chi connectivity index (χ4n) is 6.03. The molecule has 2 aliphatic heterocycles. The van der Waals surface area contributed by atoms with Gasteiger partial charge >= 0.3 is 0 Å². The number of halogens is 1. The van der Waals surface area contributed by atoms with E-state index in [1.807, 2.05) is 24.0 Å². The van der Waals surface area contributed by atoms with E-state index in [0.717, 1.165) is 16.8 Å². The van der Waals surface area contributed by atoms with E-state index >= 15 is 0 Å². The van der Waals surface area contributed by atoms with Crippen molar-refractivity contribution < 1.29 is 14.3 Å². The number of hydrogen-bond donors (Lipinski definition) is 1. The summed E-state index contributed by atoms with van der Waals surface area (Å²) in [4.78, 5) is 29.6. The molecule has 5 rings (SSSR count). The van der Waals surface area contributed by atoms with Gasteiger partial charge < -0.3 is 15.4 Å². The number of nitrogens with two attached hydrogens (primary N) is 1. The maximum absolute atomic E-state index is 14.3. The van der Waals surface area contributed by atoms with Gasteiger partial charge in [-0.15, -0.1) is 0 Å². The van der Waals surface area contributed by atoms with Crippen LogP contribution in [0.15, 0.2) is 66.7 Å². The van der Waals surface area contributed by atoms with Crippen molar-refractivity contribution in [3.8, 4) is 11.8 Å². The summed E-state index contributed by atoms with van der Waals surface area (Å²) in [5, 5.41) is 11.1. The second-order valence-electron chi connectivity index (χ2n) is 9.51. The first-order chi connectivity index (χ1) is 17.3. The Kier molecular flexibility index (Phi) is 5.97. The number of methoxy groups -OCH3 is 1. The number of aryl methyl sites for hydroxylation is 2. The zero-order valence-electron chi connectivity index (χ0n) is 20.1. The number of anilines is 1. The highest BCUT2D eigenvalue weighted by Gasteiger charge is 2.66. The van der Waals surface area contributed by atoms with E-state index in [1.165, 1.54) is 0 Å². The lowest BCUT2D eigenvalue weighted by Gasteiger charge is -2.39.